The molecule has 5 aromatic carbocycles. The van der Waals surface area contributed by atoms with Crippen LogP contribution in [0.1, 0.15) is 0 Å². The van der Waals surface area contributed by atoms with Crippen LogP contribution in [-0.4, -0.2) is 24.9 Å². The molecule has 0 unspecified atom stereocenters. The quantitative estimate of drug-likeness (QED) is 0.142. The number of nitrogens with zero attached hydrogens (tertiary/aromatic N) is 5. The molecule has 0 saturated heterocycles. The Balaban J connectivity index is 1.08. The maximum Gasteiger partial charge on any atom is 0.0978 e. The third kappa shape index (κ3) is 4.60. The van der Waals surface area contributed by atoms with Gasteiger partial charge in [-0.15, -0.1) is 0 Å². The van der Waals surface area contributed by atoms with Gasteiger partial charge in [-0.3, -0.25) is 9.97 Å². The summed E-state index contributed by atoms with van der Waals surface area (Å²) in [6, 6.07) is 52.3. The molecule has 0 aliphatic rings. The molecule has 0 bridgehead atoms. The van der Waals surface area contributed by atoms with Gasteiger partial charge in [0.15, 0.2) is 0 Å². The van der Waals surface area contributed by atoms with E-state index in [0.29, 0.717) is 0 Å². The molecule has 5 aromatic heterocycles. The zero-order chi connectivity index (χ0) is 33.0. The van der Waals surface area contributed by atoms with E-state index in [9.17, 15) is 0 Å². The van der Waals surface area contributed by atoms with Gasteiger partial charge >= 0.3 is 0 Å². The van der Waals surface area contributed by atoms with E-state index in [0.717, 1.165) is 93.9 Å². The zero-order valence-corrected chi connectivity index (χ0v) is 26.8. The van der Waals surface area contributed by atoms with Gasteiger partial charge in [0.05, 0.1) is 44.7 Å². The van der Waals surface area contributed by atoms with Crippen LogP contribution in [0.4, 0.5) is 0 Å². The molecule has 0 saturated carbocycles. The minimum absolute atomic E-state index is 0.801. The molecule has 0 aliphatic carbocycles. The first-order valence-corrected chi connectivity index (χ1v) is 16.7. The van der Waals surface area contributed by atoms with E-state index in [1.807, 2.05) is 54.9 Å². The van der Waals surface area contributed by atoms with Crippen LogP contribution >= 0.6 is 0 Å². The fourth-order valence-corrected chi connectivity index (χ4v) is 7.12. The average Bonchev–Trinajstić information content (AvgIpc) is 3.20. The normalized spacial score (nSPS) is 11.6. The van der Waals surface area contributed by atoms with Gasteiger partial charge in [0.1, 0.15) is 0 Å². The highest BCUT2D eigenvalue weighted by molar-refractivity contribution is 6.16. The van der Waals surface area contributed by atoms with Gasteiger partial charge in [-0.1, -0.05) is 121 Å². The van der Waals surface area contributed by atoms with Gasteiger partial charge in [0.25, 0.3) is 0 Å². The first-order valence-electron chi connectivity index (χ1n) is 16.7. The lowest BCUT2D eigenvalue weighted by atomic mass is 9.95. The Kier molecular flexibility index (Phi) is 6.42. The molecule has 5 heterocycles. The van der Waals surface area contributed by atoms with Gasteiger partial charge in [-0.2, -0.15) is 0 Å². The molecule has 232 valence electrons. The van der Waals surface area contributed by atoms with Crippen molar-refractivity contribution in [3.63, 3.8) is 0 Å². The van der Waals surface area contributed by atoms with Crippen LogP contribution in [0, 0.1) is 0 Å². The van der Waals surface area contributed by atoms with Crippen LogP contribution in [0.15, 0.2) is 164 Å². The average molecular weight is 638 g/mol. The first kappa shape index (κ1) is 28.2. The van der Waals surface area contributed by atoms with Crippen LogP contribution < -0.4 is 0 Å². The van der Waals surface area contributed by atoms with Crippen molar-refractivity contribution in [2.24, 2.45) is 0 Å². The van der Waals surface area contributed by atoms with Crippen molar-refractivity contribution in [3.05, 3.63) is 164 Å². The summed E-state index contributed by atoms with van der Waals surface area (Å²) in [5.74, 6) is 0. The van der Waals surface area contributed by atoms with Crippen LogP contribution in [0.25, 0.3) is 99.4 Å². The smallest absolute Gasteiger partial charge is 0.0978 e. The van der Waals surface area contributed by atoms with Crippen molar-refractivity contribution < 1.29 is 0 Å². The van der Waals surface area contributed by atoms with E-state index >= 15 is 0 Å². The van der Waals surface area contributed by atoms with Crippen molar-refractivity contribution >= 4 is 54.5 Å². The van der Waals surface area contributed by atoms with Crippen LogP contribution in [0.2, 0.25) is 0 Å². The molecule has 5 heteroatoms. The standard InChI is InChI=1S/C45H27N5/c1-3-9-28(10-4-1)37-22-17-30-15-20-34-33(25-26-46-44(34)42(30)48-37)32-19-23-39(47-27-32)40-24-18-31-16-21-36-41(29-11-5-2-6-12-29)35-13-7-8-14-38(35)49-45(36)43(31)50-40/h1-27H. The summed E-state index contributed by atoms with van der Waals surface area (Å²) in [7, 11) is 0. The summed E-state index contributed by atoms with van der Waals surface area (Å²) in [5.41, 5.74) is 12.5. The fraction of sp³-hybridized carbons (Fsp3) is 0. The second kappa shape index (κ2) is 11.4. The van der Waals surface area contributed by atoms with Crippen LogP contribution in [-0.2, 0) is 0 Å². The van der Waals surface area contributed by atoms with Crippen molar-refractivity contribution in [1.82, 2.24) is 24.9 Å². The number of pyridine rings is 5. The lowest BCUT2D eigenvalue weighted by Gasteiger charge is -2.13. The van der Waals surface area contributed by atoms with E-state index in [2.05, 4.69) is 109 Å². The topological polar surface area (TPSA) is 64.5 Å². The van der Waals surface area contributed by atoms with Crippen LogP contribution in [0.5, 0.6) is 0 Å². The number of benzene rings is 5. The summed E-state index contributed by atoms with van der Waals surface area (Å²) in [6.45, 7) is 0. The zero-order valence-electron chi connectivity index (χ0n) is 26.8. The Bertz CT molecular complexity index is 2900. The Morgan fingerprint density at radius 3 is 1.76 bits per heavy atom. The van der Waals surface area contributed by atoms with E-state index in [-0.39, 0.29) is 0 Å². The molecule has 0 amide bonds. The Labute approximate surface area is 287 Å². The molecule has 0 fully saturated rings. The van der Waals surface area contributed by atoms with Gasteiger partial charge in [-0.05, 0) is 41.5 Å². The van der Waals surface area contributed by atoms with E-state index in [1.165, 1.54) is 5.56 Å². The van der Waals surface area contributed by atoms with E-state index < -0.39 is 0 Å². The van der Waals surface area contributed by atoms with E-state index in [1.54, 1.807) is 0 Å². The molecular weight excluding hydrogens is 611 g/mol. The Hall–Kier alpha value is -6.85. The van der Waals surface area contributed by atoms with Crippen LogP contribution in [0.3, 0.4) is 0 Å². The molecule has 5 nitrogen and oxygen atoms in total. The molecular formula is C45H27N5. The van der Waals surface area contributed by atoms with Crippen molar-refractivity contribution in [1.29, 1.82) is 0 Å². The third-order valence-electron chi connectivity index (χ3n) is 9.55. The van der Waals surface area contributed by atoms with Crippen molar-refractivity contribution in [2.75, 3.05) is 0 Å². The highest BCUT2D eigenvalue weighted by Crippen LogP contribution is 2.38. The molecule has 0 N–H and O–H groups in total. The van der Waals surface area contributed by atoms with E-state index in [4.69, 9.17) is 24.9 Å². The predicted molar refractivity (Wildman–Crippen MR) is 205 cm³/mol. The number of aromatic nitrogens is 5. The largest absolute Gasteiger partial charge is 0.254 e. The van der Waals surface area contributed by atoms with Gasteiger partial charge in [0.2, 0.25) is 0 Å². The van der Waals surface area contributed by atoms with Crippen molar-refractivity contribution in [2.45, 2.75) is 0 Å². The Morgan fingerprint density at radius 1 is 0.340 bits per heavy atom. The summed E-state index contributed by atoms with van der Waals surface area (Å²) in [4.78, 5) is 25.1. The maximum atomic E-state index is 5.19. The molecule has 10 aromatic rings. The minimum atomic E-state index is 0.801. The SMILES string of the molecule is c1ccc(-c2ccc3ccc4c(-c5ccc(-c6ccc7ccc8c(-c9ccccc9)c9ccccc9nc8c7n6)nc5)ccnc4c3n2)cc1. The third-order valence-corrected chi connectivity index (χ3v) is 9.55. The van der Waals surface area contributed by atoms with Gasteiger partial charge in [0, 0.05) is 56.0 Å². The van der Waals surface area contributed by atoms with Crippen molar-refractivity contribution in [3.8, 4) is 44.9 Å². The second-order valence-corrected chi connectivity index (χ2v) is 12.5. The maximum absolute atomic E-state index is 5.19. The highest BCUT2D eigenvalue weighted by atomic mass is 14.8. The number of hydrogen-bond acceptors (Lipinski definition) is 5. The number of para-hydroxylation sites is 1. The monoisotopic (exact) mass is 637 g/mol. The Morgan fingerprint density at radius 2 is 0.980 bits per heavy atom. The number of rotatable bonds is 4. The molecule has 50 heavy (non-hydrogen) atoms. The van der Waals surface area contributed by atoms with Gasteiger partial charge in [-0.25, -0.2) is 15.0 Å². The molecule has 10 rings (SSSR count). The summed E-state index contributed by atoms with van der Waals surface area (Å²) >= 11 is 0. The molecule has 0 radical (unpaired) electrons. The fourth-order valence-electron chi connectivity index (χ4n) is 7.12. The molecule has 0 atom stereocenters. The second-order valence-electron chi connectivity index (χ2n) is 12.5. The number of hydrogen-bond donors (Lipinski definition) is 0. The molecule has 0 spiro atoms. The summed E-state index contributed by atoms with van der Waals surface area (Å²) in [6.07, 6.45) is 3.79. The predicted octanol–water partition coefficient (Wildman–Crippen LogP) is 11.1. The molecule has 0 aliphatic heterocycles. The summed E-state index contributed by atoms with van der Waals surface area (Å²) < 4.78 is 0. The van der Waals surface area contributed by atoms with Gasteiger partial charge < -0.3 is 0 Å². The number of fused-ring (bicyclic) bond motifs is 7. The first-order chi connectivity index (χ1) is 24.8. The lowest BCUT2D eigenvalue weighted by molar-refractivity contribution is 1.28. The summed E-state index contributed by atoms with van der Waals surface area (Å²) in [5, 5.41) is 5.35. The minimum Gasteiger partial charge on any atom is -0.254 e. The highest BCUT2D eigenvalue weighted by Gasteiger charge is 2.16. The lowest BCUT2D eigenvalue weighted by Crippen LogP contribution is -1.94.